The van der Waals surface area contributed by atoms with Crippen molar-refractivity contribution in [3.63, 3.8) is 0 Å². The molecule has 0 radical (unpaired) electrons. The molecule has 1 aliphatic heterocycles. The number of hydrogen-bond acceptors (Lipinski definition) is 6. The molecule has 5 rings (SSSR count). The molecule has 1 aliphatic rings. The highest BCUT2D eigenvalue weighted by atomic mass is 79.9. The Bertz CT molecular complexity index is 1510. The molecule has 2 aromatic heterocycles. The minimum atomic E-state index is -3.63. The normalized spacial score (nSPS) is 18.7. The van der Waals surface area contributed by atoms with Gasteiger partial charge in [0.25, 0.3) is 5.91 Å². The van der Waals surface area contributed by atoms with E-state index >= 15 is 0 Å². The summed E-state index contributed by atoms with van der Waals surface area (Å²) in [5, 5.41) is 0.565. The number of aromatic nitrogens is 2. The van der Waals surface area contributed by atoms with Gasteiger partial charge in [0.15, 0.2) is 5.13 Å². The van der Waals surface area contributed by atoms with Crippen LogP contribution in [0.3, 0.4) is 0 Å². The van der Waals surface area contributed by atoms with Crippen LogP contribution in [-0.2, 0) is 16.6 Å². The molecule has 0 bridgehead atoms. The van der Waals surface area contributed by atoms with Crippen molar-refractivity contribution in [2.75, 3.05) is 18.0 Å². The van der Waals surface area contributed by atoms with E-state index in [0.29, 0.717) is 35.6 Å². The fourth-order valence-electron chi connectivity index (χ4n) is 4.78. The van der Waals surface area contributed by atoms with Crippen LogP contribution < -0.4 is 4.90 Å². The first-order valence-electron chi connectivity index (χ1n) is 12.1. The smallest absolute Gasteiger partial charge is 0.260 e. The van der Waals surface area contributed by atoms with E-state index < -0.39 is 10.0 Å². The Morgan fingerprint density at radius 2 is 1.84 bits per heavy atom. The maximum absolute atomic E-state index is 13.7. The Hall–Kier alpha value is -2.66. The average Bonchev–Trinajstić information content (AvgIpc) is 3.30. The lowest BCUT2D eigenvalue weighted by molar-refractivity contribution is 0.0985. The molecule has 10 heteroatoms. The highest BCUT2D eigenvalue weighted by Gasteiger charge is 2.32. The van der Waals surface area contributed by atoms with Gasteiger partial charge in [0, 0.05) is 35.5 Å². The van der Waals surface area contributed by atoms with Crippen molar-refractivity contribution in [1.82, 2.24) is 14.3 Å². The van der Waals surface area contributed by atoms with Crippen molar-refractivity contribution in [3.05, 3.63) is 82.6 Å². The predicted molar refractivity (Wildman–Crippen MR) is 150 cm³/mol. The highest BCUT2D eigenvalue weighted by Crippen LogP contribution is 2.33. The summed E-state index contributed by atoms with van der Waals surface area (Å²) < 4.78 is 30.1. The first-order chi connectivity index (χ1) is 17.7. The molecule has 4 aromatic rings. The number of thiazole rings is 1. The standard InChI is InChI=1S/C27H27BrN4O3S2/c1-18-12-19(2)16-31(15-18)37(34,35)23-8-5-21(6-9-23)26(33)32(17-20-4-3-11-29-14-20)27-30-24-10-7-22(28)13-25(24)36-27/h3-11,13-14,18-19H,12,15-17H2,1-2H3. The summed E-state index contributed by atoms with van der Waals surface area (Å²) in [5.74, 6) is 0.371. The van der Waals surface area contributed by atoms with E-state index in [1.807, 2.05) is 30.3 Å². The lowest BCUT2D eigenvalue weighted by Gasteiger charge is -2.34. The largest absolute Gasteiger partial charge is 0.279 e. The second kappa shape index (κ2) is 10.6. The van der Waals surface area contributed by atoms with Crippen LogP contribution in [0.2, 0.25) is 0 Å². The number of hydrogen-bond donors (Lipinski definition) is 0. The fraction of sp³-hybridized carbons (Fsp3) is 0.296. The van der Waals surface area contributed by atoms with Gasteiger partial charge in [-0.05, 0) is 72.4 Å². The zero-order chi connectivity index (χ0) is 26.2. The number of piperidine rings is 1. The Labute approximate surface area is 229 Å². The molecule has 7 nitrogen and oxygen atoms in total. The summed E-state index contributed by atoms with van der Waals surface area (Å²) in [7, 11) is -3.63. The summed E-state index contributed by atoms with van der Waals surface area (Å²) in [6.07, 6.45) is 4.43. The van der Waals surface area contributed by atoms with Gasteiger partial charge in [0.2, 0.25) is 10.0 Å². The number of rotatable bonds is 6. The Morgan fingerprint density at radius 3 is 2.51 bits per heavy atom. The Balaban J connectivity index is 1.45. The summed E-state index contributed by atoms with van der Waals surface area (Å²) in [6, 6.07) is 15.8. The Kier molecular flexibility index (Phi) is 7.44. The number of amides is 1. The van der Waals surface area contributed by atoms with Crippen LogP contribution in [0.1, 0.15) is 36.2 Å². The van der Waals surface area contributed by atoms with Crippen LogP contribution in [0, 0.1) is 11.8 Å². The maximum atomic E-state index is 13.7. The number of halogens is 1. The van der Waals surface area contributed by atoms with Gasteiger partial charge in [0.1, 0.15) is 0 Å². The predicted octanol–water partition coefficient (Wildman–Crippen LogP) is 5.97. The second-order valence-electron chi connectivity index (χ2n) is 9.65. The van der Waals surface area contributed by atoms with Crippen LogP contribution >= 0.6 is 27.3 Å². The van der Waals surface area contributed by atoms with Gasteiger partial charge in [-0.25, -0.2) is 13.4 Å². The van der Waals surface area contributed by atoms with Gasteiger partial charge >= 0.3 is 0 Å². The summed E-state index contributed by atoms with van der Waals surface area (Å²) in [5.41, 5.74) is 2.06. The molecule has 192 valence electrons. The lowest BCUT2D eigenvalue weighted by Crippen LogP contribution is -2.42. The van der Waals surface area contributed by atoms with E-state index in [2.05, 4.69) is 34.8 Å². The third-order valence-corrected chi connectivity index (χ3v) is 9.83. The topological polar surface area (TPSA) is 83.5 Å². The van der Waals surface area contributed by atoms with E-state index in [-0.39, 0.29) is 17.3 Å². The van der Waals surface area contributed by atoms with Crippen molar-refractivity contribution in [2.45, 2.75) is 31.7 Å². The molecule has 0 N–H and O–H groups in total. The van der Waals surface area contributed by atoms with Gasteiger partial charge in [0.05, 0.1) is 21.7 Å². The third-order valence-electron chi connectivity index (χ3n) is 6.45. The number of carbonyl (C=O) groups is 1. The second-order valence-corrected chi connectivity index (χ2v) is 13.5. The van der Waals surface area contributed by atoms with E-state index in [4.69, 9.17) is 4.98 Å². The molecular weight excluding hydrogens is 572 g/mol. The van der Waals surface area contributed by atoms with Gasteiger partial charge in [-0.15, -0.1) is 0 Å². The summed E-state index contributed by atoms with van der Waals surface area (Å²) in [6.45, 7) is 5.48. The molecule has 2 aromatic carbocycles. The van der Waals surface area contributed by atoms with E-state index in [1.54, 1.807) is 33.7 Å². The quantitative estimate of drug-likeness (QED) is 0.273. The molecule has 0 aliphatic carbocycles. The van der Waals surface area contributed by atoms with Crippen molar-refractivity contribution >= 4 is 58.5 Å². The van der Waals surface area contributed by atoms with Crippen LogP contribution in [0.4, 0.5) is 5.13 Å². The molecule has 0 spiro atoms. The molecule has 2 unspecified atom stereocenters. The zero-order valence-electron chi connectivity index (χ0n) is 20.5. The summed E-state index contributed by atoms with van der Waals surface area (Å²) in [4.78, 5) is 24.5. The van der Waals surface area contributed by atoms with Gasteiger partial charge in [-0.1, -0.05) is 47.2 Å². The maximum Gasteiger partial charge on any atom is 0.260 e. The van der Waals surface area contributed by atoms with Gasteiger partial charge in [-0.3, -0.25) is 14.7 Å². The molecule has 1 amide bonds. The molecule has 3 heterocycles. The Morgan fingerprint density at radius 1 is 1.11 bits per heavy atom. The number of pyridine rings is 1. The minimum absolute atomic E-state index is 0.203. The number of sulfonamides is 1. The van der Waals surface area contributed by atoms with Crippen molar-refractivity contribution in [1.29, 1.82) is 0 Å². The molecule has 1 fully saturated rings. The zero-order valence-corrected chi connectivity index (χ0v) is 23.8. The van der Waals surface area contributed by atoms with Crippen LogP contribution in [0.25, 0.3) is 10.2 Å². The molecule has 0 saturated carbocycles. The van der Waals surface area contributed by atoms with E-state index in [1.165, 1.54) is 23.5 Å². The average molecular weight is 600 g/mol. The first-order valence-corrected chi connectivity index (χ1v) is 15.1. The van der Waals surface area contributed by atoms with Gasteiger partial charge in [-0.2, -0.15) is 4.31 Å². The number of anilines is 1. The monoisotopic (exact) mass is 598 g/mol. The van der Waals surface area contributed by atoms with Crippen molar-refractivity contribution in [2.24, 2.45) is 11.8 Å². The molecule has 2 atom stereocenters. The van der Waals surface area contributed by atoms with Crippen molar-refractivity contribution in [3.8, 4) is 0 Å². The van der Waals surface area contributed by atoms with E-state index in [0.717, 1.165) is 26.7 Å². The number of fused-ring (bicyclic) bond motifs is 1. The minimum Gasteiger partial charge on any atom is -0.279 e. The van der Waals surface area contributed by atoms with Crippen molar-refractivity contribution < 1.29 is 13.2 Å². The molecule has 1 saturated heterocycles. The molecule has 37 heavy (non-hydrogen) atoms. The SMILES string of the molecule is CC1CC(C)CN(S(=O)(=O)c2ccc(C(=O)N(Cc3cccnc3)c3nc4ccc(Br)cc4s3)cc2)C1. The molecular formula is C27H27BrN4O3S2. The van der Waals surface area contributed by atoms with Crippen LogP contribution in [-0.4, -0.2) is 41.7 Å². The first kappa shape index (κ1) is 26.0. The summed E-state index contributed by atoms with van der Waals surface area (Å²) >= 11 is 4.92. The third kappa shape index (κ3) is 5.62. The van der Waals surface area contributed by atoms with Crippen LogP contribution in [0.15, 0.2) is 76.4 Å². The highest BCUT2D eigenvalue weighted by molar-refractivity contribution is 9.10. The number of carbonyl (C=O) groups excluding carboxylic acids is 1. The number of nitrogens with zero attached hydrogens (tertiary/aromatic N) is 4. The van der Waals surface area contributed by atoms with Gasteiger partial charge < -0.3 is 0 Å². The lowest BCUT2D eigenvalue weighted by atomic mass is 9.94. The fourth-order valence-corrected chi connectivity index (χ4v) is 7.97. The van der Waals surface area contributed by atoms with Crippen LogP contribution in [0.5, 0.6) is 0 Å². The van der Waals surface area contributed by atoms with E-state index in [9.17, 15) is 13.2 Å². The number of benzene rings is 2.